The van der Waals surface area contributed by atoms with E-state index in [9.17, 15) is 9.59 Å². The van der Waals surface area contributed by atoms with Crippen molar-refractivity contribution < 1.29 is 14.3 Å². The molecule has 3 heterocycles. The summed E-state index contributed by atoms with van der Waals surface area (Å²) < 4.78 is 10.7. The summed E-state index contributed by atoms with van der Waals surface area (Å²) >= 11 is 0. The molecule has 1 aromatic carbocycles. The van der Waals surface area contributed by atoms with Crippen LogP contribution in [-0.2, 0) is 9.53 Å². The molecular weight excluding hydrogens is 384 g/mol. The number of allylic oxidation sites excluding steroid dienone is 2. The second kappa shape index (κ2) is 7.60. The van der Waals surface area contributed by atoms with Crippen molar-refractivity contribution in [3.05, 3.63) is 57.0 Å². The van der Waals surface area contributed by atoms with Crippen molar-refractivity contribution in [1.82, 2.24) is 9.97 Å². The zero-order valence-corrected chi connectivity index (χ0v) is 16.9. The Bertz CT molecular complexity index is 1070. The van der Waals surface area contributed by atoms with Gasteiger partial charge in [-0.1, -0.05) is 12.1 Å². The number of aromatic amines is 1. The molecular formula is C22H24N4O4. The predicted octanol–water partition coefficient (Wildman–Crippen LogP) is 2.18. The molecule has 1 saturated heterocycles. The lowest BCUT2D eigenvalue weighted by Gasteiger charge is -2.34. The van der Waals surface area contributed by atoms with Crippen molar-refractivity contribution in [2.24, 2.45) is 0 Å². The maximum absolute atomic E-state index is 13.3. The zero-order valence-electron chi connectivity index (χ0n) is 16.9. The highest BCUT2D eigenvalue weighted by atomic mass is 16.5. The third kappa shape index (κ3) is 3.17. The van der Waals surface area contributed by atoms with Gasteiger partial charge in [0, 0.05) is 36.7 Å². The van der Waals surface area contributed by atoms with E-state index >= 15 is 0 Å². The van der Waals surface area contributed by atoms with E-state index in [-0.39, 0.29) is 11.3 Å². The Hall–Kier alpha value is -3.13. The van der Waals surface area contributed by atoms with Crippen LogP contribution in [-0.4, -0.2) is 49.2 Å². The Kier molecular flexibility index (Phi) is 4.78. The fourth-order valence-electron chi connectivity index (χ4n) is 4.50. The van der Waals surface area contributed by atoms with Gasteiger partial charge in [-0.25, -0.2) is 0 Å². The number of Topliss-reactive ketones (excluding diaryl/α,β-unsaturated/α-hetero) is 1. The van der Waals surface area contributed by atoms with Gasteiger partial charge in [0.05, 0.1) is 25.9 Å². The lowest BCUT2D eigenvalue weighted by atomic mass is 9.76. The molecule has 0 unspecified atom stereocenters. The van der Waals surface area contributed by atoms with Crippen molar-refractivity contribution in [3.8, 4) is 5.75 Å². The van der Waals surface area contributed by atoms with E-state index in [0.717, 1.165) is 29.9 Å². The van der Waals surface area contributed by atoms with Crippen LogP contribution in [0.25, 0.3) is 0 Å². The number of fused-ring (bicyclic) bond motifs is 1. The maximum Gasteiger partial charge on any atom is 0.258 e. The number of methoxy groups -OCH3 is 1. The van der Waals surface area contributed by atoms with Gasteiger partial charge in [0.2, 0.25) is 5.95 Å². The Morgan fingerprint density at radius 2 is 1.90 bits per heavy atom. The zero-order chi connectivity index (χ0) is 20.7. The van der Waals surface area contributed by atoms with Crippen LogP contribution in [0.15, 0.2) is 40.3 Å². The fourth-order valence-corrected chi connectivity index (χ4v) is 4.50. The average molecular weight is 408 g/mol. The highest BCUT2D eigenvalue weighted by molar-refractivity contribution is 6.00. The van der Waals surface area contributed by atoms with E-state index in [4.69, 9.17) is 14.5 Å². The van der Waals surface area contributed by atoms with Gasteiger partial charge in [0.25, 0.3) is 5.56 Å². The number of morpholine rings is 1. The molecule has 0 radical (unpaired) electrons. The number of carbonyl (C=O) groups excluding carboxylic acids is 1. The van der Waals surface area contributed by atoms with Crippen molar-refractivity contribution in [2.75, 3.05) is 43.6 Å². The van der Waals surface area contributed by atoms with Gasteiger partial charge >= 0.3 is 0 Å². The fraction of sp³-hybridized carbons (Fsp3) is 0.409. The number of nitrogens with one attached hydrogen (secondary N) is 2. The number of hydrogen-bond acceptors (Lipinski definition) is 7. The number of anilines is 2. The van der Waals surface area contributed by atoms with Gasteiger partial charge in [-0.05, 0) is 30.5 Å². The van der Waals surface area contributed by atoms with E-state index in [2.05, 4.69) is 10.3 Å². The maximum atomic E-state index is 13.3. The number of ketones is 1. The molecule has 0 spiro atoms. The van der Waals surface area contributed by atoms with Crippen LogP contribution in [0.2, 0.25) is 0 Å². The quantitative estimate of drug-likeness (QED) is 0.804. The second-order valence-corrected chi connectivity index (χ2v) is 7.75. The lowest BCUT2D eigenvalue weighted by molar-refractivity contribution is -0.116. The SMILES string of the molecule is COc1ccc([C@H]2C3=C(CCCC3=O)Nc3nc(N4CCOCC4)[nH]c(=O)c32)cc1. The van der Waals surface area contributed by atoms with Crippen LogP contribution >= 0.6 is 0 Å². The number of aromatic nitrogens is 2. The van der Waals surface area contributed by atoms with Crippen LogP contribution in [0, 0.1) is 0 Å². The summed E-state index contributed by atoms with van der Waals surface area (Å²) in [4.78, 5) is 35.9. The standard InChI is InChI=1S/C22H24N4O4/c1-29-14-7-5-13(6-8-14)17-18-15(3-2-4-16(18)27)23-20-19(17)21(28)25-22(24-20)26-9-11-30-12-10-26/h5-8,17H,2-4,9-12H2,1H3,(H2,23,24,25,28)/t17-/m0/s1. The summed E-state index contributed by atoms with van der Waals surface area (Å²) in [5.41, 5.74) is 2.72. The van der Waals surface area contributed by atoms with Crippen LogP contribution in [0.1, 0.15) is 36.3 Å². The van der Waals surface area contributed by atoms with Crippen molar-refractivity contribution in [3.63, 3.8) is 0 Å². The molecule has 2 N–H and O–H groups in total. The number of nitrogens with zero attached hydrogens (tertiary/aromatic N) is 2. The molecule has 1 atom stereocenters. The van der Waals surface area contributed by atoms with E-state index in [0.29, 0.717) is 55.6 Å². The molecule has 30 heavy (non-hydrogen) atoms. The third-order valence-electron chi connectivity index (χ3n) is 6.01. The molecule has 3 aliphatic rings. The van der Waals surface area contributed by atoms with Crippen LogP contribution in [0.5, 0.6) is 5.75 Å². The first-order valence-corrected chi connectivity index (χ1v) is 10.3. The van der Waals surface area contributed by atoms with Gasteiger partial charge in [-0.2, -0.15) is 4.98 Å². The molecule has 2 aromatic rings. The number of carbonyl (C=O) groups is 1. The largest absolute Gasteiger partial charge is 0.497 e. The molecule has 8 heteroatoms. The molecule has 5 rings (SSSR count). The Morgan fingerprint density at radius 3 is 2.63 bits per heavy atom. The average Bonchev–Trinajstić information content (AvgIpc) is 2.78. The monoisotopic (exact) mass is 408 g/mol. The topological polar surface area (TPSA) is 96.5 Å². The third-order valence-corrected chi connectivity index (χ3v) is 6.01. The Morgan fingerprint density at radius 1 is 1.13 bits per heavy atom. The van der Waals surface area contributed by atoms with Gasteiger partial charge in [0.15, 0.2) is 5.78 Å². The number of benzene rings is 1. The molecule has 1 aromatic heterocycles. The first-order valence-electron chi connectivity index (χ1n) is 10.3. The number of hydrogen-bond donors (Lipinski definition) is 2. The minimum absolute atomic E-state index is 0.0897. The summed E-state index contributed by atoms with van der Waals surface area (Å²) in [6.45, 7) is 2.56. The highest BCUT2D eigenvalue weighted by Crippen LogP contribution is 2.43. The molecule has 0 saturated carbocycles. The lowest BCUT2D eigenvalue weighted by Crippen LogP contribution is -2.40. The molecule has 1 fully saturated rings. The summed E-state index contributed by atoms with van der Waals surface area (Å²) in [5, 5.41) is 3.32. The first-order chi connectivity index (χ1) is 14.7. The molecule has 0 amide bonds. The van der Waals surface area contributed by atoms with Crippen molar-refractivity contribution in [1.29, 1.82) is 0 Å². The van der Waals surface area contributed by atoms with Gasteiger partial charge in [-0.15, -0.1) is 0 Å². The Balaban J connectivity index is 1.65. The smallest absolute Gasteiger partial charge is 0.258 e. The summed E-state index contributed by atoms with van der Waals surface area (Å²) in [6.07, 6.45) is 2.07. The van der Waals surface area contributed by atoms with E-state index in [1.807, 2.05) is 29.2 Å². The minimum Gasteiger partial charge on any atom is -0.497 e. The molecule has 2 aliphatic heterocycles. The molecule has 0 bridgehead atoms. The van der Waals surface area contributed by atoms with Crippen molar-refractivity contribution in [2.45, 2.75) is 25.2 Å². The molecule has 8 nitrogen and oxygen atoms in total. The minimum atomic E-state index is -0.440. The van der Waals surface area contributed by atoms with Crippen molar-refractivity contribution >= 4 is 17.5 Å². The highest BCUT2D eigenvalue weighted by Gasteiger charge is 2.38. The molecule has 1 aliphatic carbocycles. The number of rotatable bonds is 3. The molecule has 156 valence electrons. The van der Waals surface area contributed by atoms with E-state index in [1.165, 1.54) is 0 Å². The van der Waals surface area contributed by atoms with E-state index in [1.54, 1.807) is 7.11 Å². The summed E-state index contributed by atoms with van der Waals surface area (Å²) in [7, 11) is 1.61. The Labute approximate surface area is 173 Å². The van der Waals surface area contributed by atoms with Crippen LogP contribution < -0.4 is 20.5 Å². The van der Waals surface area contributed by atoms with Crippen LogP contribution in [0.3, 0.4) is 0 Å². The number of ether oxygens (including phenoxy) is 2. The summed E-state index contributed by atoms with van der Waals surface area (Å²) in [5.74, 6) is 1.45. The van der Waals surface area contributed by atoms with Gasteiger partial charge in [0.1, 0.15) is 11.6 Å². The second-order valence-electron chi connectivity index (χ2n) is 7.75. The normalized spacial score (nSPS) is 21.0. The predicted molar refractivity (Wildman–Crippen MR) is 112 cm³/mol. The van der Waals surface area contributed by atoms with Gasteiger partial charge in [-0.3, -0.25) is 14.6 Å². The van der Waals surface area contributed by atoms with E-state index < -0.39 is 5.92 Å². The first kappa shape index (κ1) is 18.9. The number of H-pyrrole nitrogens is 1. The van der Waals surface area contributed by atoms with Gasteiger partial charge < -0.3 is 19.7 Å². The summed E-state index contributed by atoms with van der Waals surface area (Å²) in [6, 6.07) is 7.55. The van der Waals surface area contributed by atoms with Crippen LogP contribution in [0.4, 0.5) is 11.8 Å².